The molecule has 1 aliphatic rings. The normalized spacial score (nSPS) is 25.0. The van der Waals surface area contributed by atoms with Gasteiger partial charge in [-0.05, 0) is 36.9 Å². The average molecular weight is 268 g/mol. The third kappa shape index (κ3) is 2.85. The lowest BCUT2D eigenvalue weighted by Gasteiger charge is -2.37. The summed E-state index contributed by atoms with van der Waals surface area (Å²) in [5.74, 6) is -0.534. The fraction of sp³-hybridized carbons (Fsp3) is 0.500. The Hall–Kier alpha value is -1.06. The molecule has 3 nitrogen and oxygen atoms in total. The molecule has 2 rings (SSSR count). The molecule has 2 unspecified atom stereocenters. The number of hydrogen-bond acceptors (Lipinski definition) is 2. The van der Waals surface area contributed by atoms with E-state index in [-0.39, 0.29) is 5.92 Å². The van der Waals surface area contributed by atoms with E-state index in [0.717, 1.165) is 24.9 Å². The van der Waals surface area contributed by atoms with Crippen molar-refractivity contribution in [3.63, 3.8) is 0 Å². The van der Waals surface area contributed by atoms with Gasteiger partial charge in [0, 0.05) is 11.6 Å². The minimum absolute atomic E-state index is 0.193. The molecule has 4 heteroatoms. The van der Waals surface area contributed by atoms with Crippen LogP contribution in [0.25, 0.3) is 0 Å². The molecule has 2 atom stereocenters. The molecule has 1 aromatic carbocycles. The van der Waals surface area contributed by atoms with E-state index in [2.05, 4.69) is 0 Å². The topological polar surface area (TPSA) is 40.5 Å². The van der Waals surface area contributed by atoms with E-state index in [0.29, 0.717) is 11.6 Å². The SMILES string of the molecule is CC1CCCN(Cc2ccccc2Cl)C1C(=O)O. The number of halogens is 1. The van der Waals surface area contributed by atoms with Crippen molar-refractivity contribution in [3.05, 3.63) is 34.9 Å². The Morgan fingerprint density at radius 3 is 2.89 bits per heavy atom. The molecule has 1 saturated heterocycles. The van der Waals surface area contributed by atoms with Gasteiger partial charge in [0.15, 0.2) is 0 Å². The summed E-state index contributed by atoms with van der Waals surface area (Å²) in [6, 6.07) is 7.24. The number of nitrogens with zero attached hydrogens (tertiary/aromatic N) is 1. The predicted molar refractivity (Wildman–Crippen MR) is 71.7 cm³/mol. The van der Waals surface area contributed by atoms with Crippen molar-refractivity contribution < 1.29 is 9.90 Å². The first-order valence-corrected chi connectivity index (χ1v) is 6.67. The van der Waals surface area contributed by atoms with E-state index in [1.807, 2.05) is 36.1 Å². The van der Waals surface area contributed by atoms with E-state index in [4.69, 9.17) is 11.6 Å². The highest BCUT2D eigenvalue weighted by Gasteiger charge is 2.34. The molecule has 1 aliphatic heterocycles. The number of carbonyl (C=O) groups is 1. The van der Waals surface area contributed by atoms with E-state index in [1.54, 1.807) is 0 Å². The minimum atomic E-state index is -0.728. The molecule has 0 amide bonds. The molecule has 0 bridgehead atoms. The fourth-order valence-electron chi connectivity index (χ4n) is 2.70. The van der Waals surface area contributed by atoms with Gasteiger partial charge in [-0.15, -0.1) is 0 Å². The standard InChI is InChI=1S/C14H18ClNO2/c1-10-5-4-8-16(13(10)14(17)18)9-11-6-2-3-7-12(11)15/h2-3,6-7,10,13H,4-5,8-9H2,1H3,(H,17,18). The van der Waals surface area contributed by atoms with Gasteiger partial charge in [-0.3, -0.25) is 9.69 Å². The molecule has 1 heterocycles. The lowest BCUT2D eigenvalue weighted by atomic mass is 9.90. The third-order valence-electron chi connectivity index (χ3n) is 3.62. The maximum absolute atomic E-state index is 11.4. The van der Waals surface area contributed by atoms with Gasteiger partial charge in [0.1, 0.15) is 6.04 Å². The summed E-state index contributed by atoms with van der Waals surface area (Å²) in [5.41, 5.74) is 1.000. The Bertz CT molecular complexity index is 436. The van der Waals surface area contributed by atoms with Crippen LogP contribution in [-0.4, -0.2) is 28.6 Å². The highest BCUT2D eigenvalue weighted by Crippen LogP contribution is 2.27. The quantitative estimate of drug-likeness (QED) is 0.915. The summed E-state index contributed by atoms with van der Waals surface area (Å²) < 4.78 is 0. The van der Waals surface area contributed by atoms with Gasteiger partial charge in [-0.25, -0.2) is 0 Å². The van der Waals surface area contributed by atoms with E-state index < -0.39 is 12.0 Å². The summed E-state index contributed by atoms with van der Waals surface area (Å²) in [5, 5.41) is 10.1. The maximum Gasteiger partial charge on any atom is 0.321 e. The highest BCUT2D eigenvalue weighted by molar-refractivity contribution is 6.31. The number of benzene rings is 1. The molecule has 0 aromatic heterocycles. The molecule has 0 aliphatic carbocycles. The van der Waals surface area contributed by atoms with Crippen LogP contribution in [-0.2, 0) is 11.3 Å². The Labute approximate surface area is 112 Å². The lowest BCUT2D eigenvalue weighted by molar-refractivity contribution is -0.147. The monoisotopic (exact) mass is 267 g/mol. The van der Waals surface area contributed by atoms with Gasteiger partial charge < -0.3 is 5.11 Å². The van der Waals surface area contributed by atoms with Gasteiger partial charge >= 0.3 is 5.97 Å². The van der Waals surface area contributed by atoms with Gasteiger partial charge in [0.05, 0.1) is 0 Å². The lowest BCUT2D eigenvalue weighted by Crippen LogP contribution is -2.48. The Morgan fingerprint density at radius 1 is 1.50 bits per heavy atom. The number of hydrogen-bond donors (Lipinski definition) is 1. The summed E-state index contributed by atoms with van der Waals surface area (Å²) >= 11 is 6.13. The molecule has 0 saturated carbocycles. The van der Waals surface area contributed by atoms with E-state index in [9.17, 15) is 9.90 Å². The summed E-state index contributed by atoms with van der Waals surface area (Å²) in [7, 11) is 0. The van der Waals surface area contributed by atoms with Gasteiger partial charge in [-0.2, -0.15) is 0 Å². The first-order chi connectivity index (χ1) is 8.59. The molecule has 98 valence electrons. The number of rotatable bonds is 3. The maximum atomic E-state index is 11.4. The van der Waals surface area contributed by atoms with E-state index >= 15 is 0 Å². The molecule has 18 heavy (non-hydrogen) atoms. The van der Waals surface area contributed by atoms with Crippen LogP contribution in [0.3, 0.4) is 0 Å². The molecule has 1 N–H and O–H groups in total. The van der Waals surface area contributed by atoms with Crippen molar-refractivity contribution in [1.29, 1.82) is 0 Å². The van der Waals surface area contributed by atoms with Crippen LogP contribution < -0.4 is 0 Å². The smallest absolute Gasteiger partial charge is 0.321 e. The summed E-state index contributed by atoms with van der Waals surface area (Å²) in [6.45, 7) is 3.45. The van der Waals surface area contributed by atoms with Gasteiger partial charge in [-0.1, -0.05) is 36.7 Å². The highest BCUT2D eigenvalue weighted by atomic mass is 35.5. The summed E-state index contributed by atoms with van der Waals surface area (Å²) in [4.78, 5) is 13.4. The third-order valence-corrected chi connectivity index (χ3v) is 3.99. The van der Waals surface area contributed by atoms with Crippen molar-refractivity contribution in [2.24, 2.45) is 5.92 Å². The Kier molecular flexibility index (Phi) is 4.25. The van der Waals surface area contributed by atoms with Crippen molar-refractivity contribution in [2.45, 2.75) is 32.4 Å². The van der Waals surface area contributed by atoms with Crippen molar-refractivity contribution in [3.8, 4) is 0 Å². The molecule has 1 aromatic rings. The molecular formula is C14H18ClNO2. The average Bonchev–Trinajstić information content (AvgIpc) is 2.31. The molecular weight excluding hydrogens is 250 g/mol. The van der Waals surface area contributed by atoms with Crippen LogP contribution in [0.4, 0.5) is 0 Å². The number of carboxylic acid groups (broad SMARTS) is 1. The van der Waals surface area contributed by atoms with Gasteiger partial charge in [0.25, 0.3) is 0 Å². The molecule has 0 radical (unpaired) electrons. The zero-order valence-electron chi connectivity index (χ0n) is 10.5. The van der Waals surface area contributed by atoms with Gasteiger partial charge in [0.2, 0.25) is 0 Å². The first-order valence-electron chi connectivity index (χ1n) is 6.30. The molecule has 0 spiro atoms. The Balaban J connectivity index is 2.16. The van der Waals surface area contributed by atoms with Crippen LogP contribution in [0, 0.1) is 5.92 Å². The second kappa shape index (κ2) is 5.72. The largest absolute Gasteiger partial charge is 0.480 e. The second-order valence-corrected chi connectivity index (χ2v) is 5.37. The van der Waals surface area contributed by atoms with Crippen LogP contribution >= 0.6 is 11.6 Å². The van der Waals surface area contributed by atoms with Crippen LogP contribution in [0.15, 0.2) is 24.3 Å². The van der Waals surface area contributed by atoms with Crippen LogP contribution in [0.2, 0.25) is 5.02 Å². The number of piperidine rings is 1. The molecule has 1 fully saturated rings. The fourth-order valence-corrected chi connectivity index (χ4v) is 2.89. The zero-order valence-corrected chi connectivity index (χ0v) is 11.2. The summed E-state index contributed by atoms with van der Waals surface area (Å²) in [6.07, 6.45) is 2.03. The zero-order chi connectivity index (χ0) is 13.1. The Morgan fingerprint density at radius 2 is 2.22 bits per heavy atom. The number of carboxylic acids is 1. The first kappa shape index (κ1) is 13.4. The van der Waals surface area contributed by atoms with Crippen molar-refractivity contribution in [2.75, 3.05) is 6.54 Å². The number of likely N-dealkylation sites (tertiary alicyclic amines) is 1. The van der Waals surface area contributed by atoms with E-state index in [1.165, 1.54) is 0 Å². The second-order valence-electron chi connectivity index (χ2n) is 4.96. The number of aliphatic carboxylic acids is 1. The van der Waals surface area contributed by atoms with Crippen molar-refractivity contribution >= 4 is 17.6 Å². The van der Waals surface area contributed by atoms with Crippen molar-refractivity contribution in [1.82, 2.24) is 4.90 Å². The minimum Gasteiger partial charge on any atom is -0.480 e. The van der Waals surface area contributed by atoms with Crippen LogP contribution in [0.1, 0.15) is 25.3 Å². The van der Waals surface area contributed by atoms with Crippen LogP contribution in [0.5, 0.6) is 0 Å². The predicted octanol–water partition coefficient (Wildman–Crippen LogP) is 3.03.